The molecule has 7 heteroatoms. The molecule has 1 heterocycles. The van der Waals surface area contributed by atoms with Crippen LogP contribution in [0, 0.1) is 0 Å². The van der Waals surface area contributed by atoms with E-state index >= 15 is 0 Å². The number of carbonyl (C=O) groups is 2. The Labute approximate surface area is 133 Å². The molecule has 20 heavy (non-hydrogen) atoms. The Hall–Kier alpha value is -1.08. The Morgan fingerprint density at radius 1 is 1.30 bits per heavy atom. The molecule has 0 radical (unpaired) electrons. The number of amides is 2. The molecule has 1 unspecified atom stereocenters. The summed E-state index contributed by atoms with van der Waals surface area (Å²) in [6.07, 6.45) is 0.269. The molecule has 0 aromatic heterocycles. The van der Waals surface area contributed by atoms with E-state index in [4.69, 9.17) is 0 Å². The lowest BCUT2D eigenvalue weighted by atomic mass is 10.2. The van der Waals surface area contributed by atoms with Crippen LogP contribution in [0.4, 0.5) is 4.79 Å². The van der Waals surface area contributed by atoms with E-state index in [0.717, 1.165) is 15.4 Å². The molecule has 1 N–H and O–H groups in total. The number of methoxy groups -OCH3 is 1. The Balaban J connectivity index is 2.02. The molecule has 1 atom stereocenters. The number of hydrogen-bond acceptors (Lipinski definition) is 3. The number of ether oxygens (including phenoxy) is 1. The van der Waals surface area contributed by atoms with Crippen LogP contribution in [0.3, 0.4) is 0 Å². The third-order valence-electron chi connectivity index (χ3n) is 3.09. The average molecular weight is 406 g/mol. The van der Waals surface area contributed by atoms with Crippen LogP contribution in [0.2, 0.25) is 0 Å². The predicted molar refractivity (Wildman–Crippen MR) is 81.7 cm³/mol. The lowest BCUT2D eigenvalue weighted by Gasteiger charge is -2.17. The number of likely N-dealkylation sites (tertiary alicyclic amines) is 1. The number of halogens is 2. The van der Waals surface area contributed by atoms with Gasteiger partial charge in [-0.1, -0.05) is 31.9 Å². The van der Waals surface area contributed by atoms with E-state index in [1.54, 1.807) is 17.0 Å². The molecular weight excluding hydrogens is 392 g/mol. The van der Waals surface area contributed by atoms with Gasteiger partial charge in [-0.15, -0.1) is 0 Å². The van der Waals surface area contributed by atoms with Crippen LogP contribution < -0.4 is 5.32 Å². The van der Waals surface area contributed by atoms with Crippen molar-refractivity contribution in [2.24, 2.45) is 0 Å². The summed E-state index contributed by atoms with van der Waals surface area (Å²) in [5, 5.41) is 2.71. The third kappa shape index (κ3) is 3.73. The zero-order chi connectivity index (χ0) is 14.7. The van der Waals surface area contributed by atoms with Crippen LogP contribution in [0.25, 0.3) is 0 Å². The summed E-state index contributed by atoms with van der Waals surface area (Å²) in [5.41, 5.74) is 0.616. The molecule has 1 aromatic rings. The van der Waals surface area contributed by atoms with Gasteiger partial charge in [-0.05, 0) is 24.6 Å². The molecule has 1 fully saturated rings. The molecule has 0 saturated carbocycles. The monoisotopic (exact) mass is 404 g/mol. The first-order valence-corrected chi connectivity index (χ1v) is 7.68. The number of nitrogens with one attached hydrogen (secondary N) is 1. The van der Waals surface area contributed by atoms with E-state index < -0.39 is 6.09 Å². The lowest BCUT2D eigenvalue weighted by molar-refractivity contribution is 0.0788. The molecular formula is C13H14Br2N2O3. The quantitative estimate of drug-likeness (QED) is 0.822. The molecule has 0 spiro atoms. The largest absolute Gasteiger partial charge is 0.453 e. The van der Waals surface area contributed by atoms with Gasteiger partial charge in [0.2, 0.25) is 0 Å². The highest BCUT2D eigenvalue weighted by Crippen LogP contribution is 2.22. The predicted octanol–water partition coefficient (Wildman–Crippen LogP) is 2.78. The minimum absolute atomic E-state index is 0.0406. The maximum atomic E-state index is 12.4. The van der Waals surface area contributed by atoms with Gasteiger partial charge in [0.25, 0.3) is 5.91 Å². The molecule has 0 bridgehead atoms. The molecule has 1 saturated heterocycles. The Bertz CT molecular complexity index is 516. The fraction of sp³-hybridized carbons (Fsp3) is 0.385. The third-order valence-corrected chi connectivity index (χ3v) is 4.01. The summed E-state index contributed by atoms with van der Waals surface area (Å²) in [6, 6.07) is 5.40. The summed E-state index contributed by atoms with van der Waals surface area (Å²) in [5.74, 6) is -0.0406. The van der Waals surface area contributed by atoms with Crippen molar-refractivity contribution in [3.05, 3.63) is 32.7 Å². The normalized spacial score (nSPS) is 17.9. The van der Waals surface area contributed by atoms with Crippen molar-refractivity contribution in [1.82, 2.24) is 10.2 Å². The van der Waals surface area contributed by atoms with E-state index in [1.165, 1.54) is 7.11 Å². The van der Waals surface area contributed by atoms with E-state index in [2.05, 4.69) is 41.9 Å². The standard InChI is InChI=1S/C13H14Br2N2O3/c1-20-13(19)16-11-2-3-17(7-11)12(18)8-4-9(14)6-10(15)5-8/h4-6,11H,2-3,7H2,1H3,(H,16,19). The summed E-state index contributed by atoms with van der Waals surface area (Å²) >= 11 is 6.74. The van der Waals surface area contributed by atoms with Crippen molar-refractivity contribution >= 4 is 43.9 Å². The van der Waals surface area contributed by atoms with E-state index in [1.807, 2.05) is 6.07 Å². The van der Waals surface area contributed by atoms with Gasteiger partial charge in [0.1, 0.15) is 0 Å². The molecule has 1 aromatic carbocycles. The van der Waals surface area contributed by atoms with Gasteiger partial charge in [0.15, 0.2) is 0 Å². The molecule has 1 aliphatic heterocycles. The summed E-state index contributed by atoms with van der Waals surface area (Å²) in [4.78, 5) is 25.3. The molecule has 2 amide bonds. The van der Waals surface area contributed by atoms with Crippen molar-refractivity contribution in [3.63, 3.8) is 0 Å². The van der Waals surface area contributed by atoms with Gasteiger partial charge < -0.3 is 15.0 Å². The van der Waals surface area contributed by atoms with Gasteiger partial charge in [0, 0.05) is 27.6 Å². The fourth-order valence-corrected chi connectivity index (χ4v) is 3.44. The van der Waals surface area contributed by atoms with Crippen molar-refractivity contribution < 1.29 is 14.3 Å². The minimum Gasteiger partial charge on any atom is -0.453 e. The van der Waals surface area contributed by atoms with Crippen LogP contribution >= 0.6 is 31.9 Å². The SMILES string of the molecule is COC(=O)NC1CCN(C(=O)c2cc(Br)cc(Br)c2)C1. The second-order valence-corrected chi connectivity index (χ2v) is 6.36. The summed E-state index contributed by atoms with van der Waals surface area (Å²) in [6.45, 7) is 1.12. The maximum Gasteiger partial charge on any atom is 0.407 e. The van der Waals surface area contributed by atoms with Gasteiger partial charge in [-0.3, -0.25) is 4.79 Å². The van der Waals surface area contributed by atoms with Crippen LogP contribution in [0.5, 0.6) is 0 Å². The van der Waals surface area contributed by atoms with Crippen molar-refractivity contribution in [3.8, 4) is 0 Å². The highest BCUT2D eigenvalue weighted by Gasteiger charge is 2.28. The highest BCUT2D eigenvalue weighted by atomic mass is 79.9. The van der Waals surface area contributed by atoms with E-state index in [-0.39, 0.29) is 11.9 Å². The van der Waals surface area contributed by atoms with E-state index in [0.29, 0.717) is 18.7 Å². The summed E-state index contributed by atoms with van der Waals surface area (Å²) in [7, 11) is 1.33. The van der Waals surface area contributed by atoms with Gasteiger partial charge in [-0.2, -0.15) is 0 Å². The second-order valence-electron chi connectivity index (χ2n) is 4.53. The first-order valence-electron chi connectivity index (χ1n) is 6.09. The second kappa shape index (κ2) is 6.58. The van der Waals surface area contributed by atoms with Crippen molar-refractivity contribution in [2.45, 2.75) is 12.5 Å². The first-order chi connectivity index (χ1) is 9.49. The van der Waals surface area contributed by atoms with Gasteiger partial charge >= 0.3 is 6.09 Å². The Morgan fingerprint density at radius 3 is 2.55 bits per heavy atom. The topological polar surface area (TPSA) is 58.6 Å². The minimum atomic E-state index is -0.463. The number of carbonyl (C=O) groups excluding carboxylic acids is 2. The van der Waals surface area contributed by atoms with Crippen LogP contribution in [0.1, 0.15) is 16.8 Å². The van der Waals surface area contributed by atoms with Crippen LogP contribution in [-0.4, -0.2) is 43.1 Å². The number of nitrogens with zero attached hydrogens (tertiary/aromatic N) is 1. The highest BCUT2D eigenvalue weighted by molar-refractivity contribution is 9.11. The summed E-state index contributed by atoms with van der Waals surface area (Å²) < 4.78 is 6.25. The first kappa shape index (κ1) is 15.3. The maximum absolute atomic E-state index is 12.4. The molecule has 5 nitrogen and oxygen atoms in total. The number of hydrogen-bond donors (Lipinski definition) is 1. The zero-order valence-electron chi connectivity index (χ0n) is 10.9. The zero-order valence-corrected chi connectivity index (χ0v) is 14.0. The lowest BCUT2D eigenvalue weighted by Crippen LogP contribution is -2.38. The van der Waals surface area contributed by atoms with Crippen molar-refractivity contribution in [1.29, 1.82) is 0 Å². The average Bonchev–Trinajstić information content (AvgIpc) is 2.85. The Morgan fingerprint density at radius 2 is 1.95 bits per heavy atom. The number of benzene rings is 1. The number of alkyl carbamates (subject to hydrolysis) is 1. The fourth-order valence-electron chi connectivity index (χ4n) is 2.15. The Kier molecular flexibility index (Phi) is 5.04. The molecule has 1 aliphatic rings. The molecule has 2 rings (SSSR count). The van der Waals surface area contributed by atoms with Gasteiger partial charge in [-0.25, -0.2) is 4.79 Å². The molecule has 108 valence electrons. The van der Waals surface area contributed by atoms with Gasteiger partial charge in [0.05, 0.1) is 13.2 Å². The van der Waals surface area contributed by atoms with E-state index in [9.17, 15) is 9.59 Å². The molecule has 0 aliphatic carbocycles. The van der Waals surface area contributed by atoms with Crippen molar-refractivity contribution in [2.75, 3.05) is 20.2 Å². The number of rotatable bonds is 2. The van der Waals surface area contributed by atoms with Crippen LogP contribution in [0.15, 0.2) is 27.1 Å². The smallest absolute Gasteiger partial charge is 0.407 e. The van der Waals surface area contributed by atoms with Crippen LogP contribution in [-0.2, 0) is 4.74 Å².